The molecule has 0 radical (unpaired) electrons. The van der Waals surface area contributed by atoms with Gasteiger partial charge in [0.15, 0.2) is 0 Å². The third-order valence-corrected chi connectivity index (χ3v) is 6.07. The summed E-state index contributed by atoms with van der Waals surface area (Å²) in [5.74, 6) is 0.152. The highest BCUT2D eigenvalue weighted by atomic mass is 32.2. The van der Waals surface area contributed by atoms with E-state index in [0.717, 1.165) is 12.8 Å². The molecular weight excluding hydrogens is 422 g/mol. The first-order chi connectivity index (χ1) is 15.0. The van der Waals surface area contributed by atoms with Crippen LogP contribution >= 0.6 is 0 Å². The van der Waals surface area contributed by atoms with Gasteiger partial charge in [0.1, 0.15) is 11.6 Å². The van der Waals surface area contributed by atoms with Crippen LogP contribution in [0.4, 0.5) is 11.4 Å². The van der Waals surface area contributed by atoms with E-state index in [2.05, 4.69) is 35.8 Å². The maximum Gasteiger partial charge on any atom is 0.261 e. The van der Waals surface area contributed by atoms with Crippen LogP contribution in [0.3, 0.4) is 0 Å². The van der Waals surface area contributed by atoms with Crippen molar-refractivity contribution in [3.63, 3.8) is 0 Å². The maximum absolute atomic E-state index is 12.7. The number of tetrazole rings is 1. The first-order valence-corrected chi connectivity index (χ1v) is 10.9. The lowest BCUT2D eigenvalue weighted by atomic mass is 10.1. The fourth-order valence-corrected chi connectivity index (χ4v) is 4.09. The second kappa shape index (κ2) is 8.94. The summed E-state index contributed by atoms with van der Waals surface area (Å²) >= 11 is 0. The Kier molecular flexibility index (Phi) is 5.92. The molecule has 1 fully saturated rings. The molecule has 1 aliphatic heterocycles. The topological polar surface area (TPSA) is 164 Å². The predicted molar refractivity (Wildman–Crippen MR) is 110 cm³/mol. The standard InChI is InChI=1S/C18H19N9O3S/c19-9-13(18-22-25-26-23-18)10-20-14-1-3-17(4-2-14)31(28,29)24-15-11-21-27(12-15)16-5-7-30-8-6-16/h1-4,10-12,16,20,24H,5-8H2,(H,22,23,25,26). The van der Waals surface area contributed by atoms with E-state index in [0.29, 0.717) is 24.6 Å². The van der Waals surface area contributed by atoms with Gasteiger partial charge in [0.2, 0.25) is 5.82 Å². The highest BCUT2D eigenvalue weighted by molar-refractivity contribution is 7.92. The number of hydrogen-bond donors (Lipinski definition) is 3. The van der Waals surface area contributed by atoms with Crippen LogP contribution in [0.25, 0.3) is 5.57 Å². The van der Waals surface area contributed by atoms with Gasteiger partial charge in [-0.3, -0.25) is 9.40 Å². The molecule has 0 aliphatic carbocycles. The summed E-state index contributed by atoms with van der Waals surface area (Å²) in [6.07, 6.45) is 6.29. The zero-order chi connectivity index (χ0) is 21.7. The largest absolute Gasteiger partial charge is 0.381 e. The molecule has 3 aromatic rings. The average molecular weight is 441 g/mol. The Labute approximate surface area is 178 Å². The van der Waals surface area contributed by atoms with E-state index in [9.17, 15) is 13.7 Å². The minimum Gasteiger partial charge on any atom is -0.381 e. The van der Waals surface area contributed by atoms with E-state index in [1.165, 1.54) is 24.5 Å². The molecule has 3 heterocycles. The molecule has 0 amide bonds. The molecule has 2 aromatic heterocycles. The van der Waals surface area contributed by atoms with Gasteiger partial charge in [0.25, 0.3) is 10.0 Å². The van der Waals surface area contributed by atoms with Crippen LogP contribution < -0.4 is 10.0 Å². The number of ether oxygens (including phenoxy) is 1. The lowest BCUT2D eigenvalue weighted by Crippen LogP contribution is -2.19. The number of aromatic amines is 1. The molecule has 0 atom stereocenters. The number of hydrogen-bond acceptors (Lipinski definition) is 9. The van der Waals surface area contributed by atoms with Gasteiger partial charge in [0.05, 0.1) is 22.8 Å². The van der Waals surface area contributed by atoms with Crippen molar-refractivity contribution in [3.8, 4) is 6.07 Å². The van der Waals surface area contributed by atoms with E-state index in [1.54, 1.807) is 23.0 Å². The molecule has 0 unspecified atom stereocenters. The number of aromatic nitrogens is 6. The van der Waals surface area contributed by atoms with Gasteiger partial charge in [-0.05, 0) is 42.3 Å². The fraction of sp³-hybridized carbons (Fsp3) is 0.278. The van der Waals surface area contributed by atoms with Crippen molar-refractivity contribution in [2.75, 3.05) is 23.3 Å². The molecule has 1 aromatic carbocycles. The normalized spacial score (nSPS) is 15.4. The van der Waals surface area contributed by atoms with Crippen molar-refractivity contribution in [1.82, 2.24) is 30.4 Å². The van der Waals surface area contributed by atoms with Gasteiger partial charge in [-0.15, -0.1) is 10.2 Å². The number of sulfonamides is 1. The third kappa shape index (κ3) is 4.87. The van der Waals surface area contributed by atoms with E-state index >= 15 is 0 Å². The Morgan fingerprint density at radius 3 is 2.71 bits per heavy atom. The molecule has 1 aliphatic rings. The first-order valence-electron chi connectivity index (χ1n) is 9.40. The summed E-state index contributed by atoms with van der Waals surface area (Å²) in [4.78, 5) is 0.0968. The van der Waals surface area contributed by atoms with E-state index in [4.69, 9.17) is 4.74 Å². The number of anilines is 2. The summed E-state index contributed by atoms with van der Waals surface area (Å²) in [7, 11) is -3.77. The smallest absolute Gasteiger partial charge is 0.261 e. The van der Waals surface area contributed by atoms with Gasteiger partial charge in [0, 0.05) is 31.3 Å². The van der Waals surface area contributed by atoms with Crippen LogP contribution in [-0.2, 0) is 14.8 Å². The lowest BCUT2D eigenvalue weighted by Gasteiger charge is -2.22. The SMILES string of the molecule is N#CC(=CNc1ccc(S(=O)(=O)Nc2cnn(C3CCOCC3)c2)cc1)c1nn[nH]n1. The predicted octanol–water partition coefficient (Wildman–Crippen LogP) is 1.53. The minimum absolute atomic E-state index is 0.0968. The van der Waals surface area contributed by atoms with Crippen molar-refractivity contribution in [2.24, 2.45) is 0 Å². The van der Waals surface area contributed by atoms with Gasteiger partial charge in [-0.1, -0.05) is 0 Å². The lowest BCUT2D eigenvalue weighted by molar-refractivity contribution is 0.0662. The molecule has 0 bridgehead atoms. The van der Waals surface area contributed by atoms with Crippen molar-refractivity contribution in [3.05, 3.63) is 48.7 Å². The van der Waals surface area contributed by atoms with Gasteiger partial charge < -0.3 is 10.1 Å². The molecule has 1 saturated heterocycles. The van der Waals surface area contributed by atoms with Crippen LogP contribution in [-0.4, -0.2) is 52.0 Å². The molecule has 4 rings (SSSR count). The second-order valence-electron chi connectivity index (χ2n) is 6.73. The minimum atomic E-state index is -3.77. The van der Waals surface area contributed by atoms with Crippen LogP contribution in [0.2, 0.25) is 0 Å². The van der Waals surface area contributed by atoms with Crippen molar-refractivity contribution in [1.29, 1.82) is 5.26 Å². The molecule has 12 nitrogen and oxygen atoms in total. The van der Waals surface area contributed by atoms with E-state index < -0.39 is 10.0 Å². The Bertz CT molecular complexity index is 1190. The second-order valence-corrected chi connectivity index (χ2v) is 8.41. The summed E-state index contributed by atoms with van der Waals surface area (Å²) in [6.45, 7) is 1.35. The Morgan fingerprint density at radius 2 is 2.03 bits per heavy atom. The number of nitrogens with zero attached hydrogens (tertiary/aromatic N) is 6. The van der Waals surface area contributed by atoms with Gasteiger partial charge >= 0.3 is 0 Å². The summed E-state index contributed by atoms with van der Waals surface area (Å²) in [5, 5.41) is 29.5. The van der Waals surface area contributed by atoms with Crippen LogP contribution in [0.5, 0.6) is 0 Å². The highest BCUT2D eigenvalue weighted by Crippen LogP contribution is 2.23. The first kappa shape index (κ1) is 20.5. The van der Waals surface area contributed by atoms with Crippen LogP contribution in [0.15, 0.2) is 47.8 Å². The van der Waals surface area contributed by atoms with Crippen LogP contribution in [0, 0.1) is 11.3 Å². The summed E-state index contributed by atoms with van der Waals surface area (Å²) in [5.41, 5.74) is 1.16. The van der Waals surface area contributed by atoms with Gasteiger partial charge in [-0.2, -0.15) is 15.6 Å². The molecular formula is C18H19N9O3S. The average Bonchev–Trinajstić information content (AvgIpc) is 3.48. The molecule has 13 heteroatoms. The highest BCUT2D eigenvalue weighted by Gasteiger charge is 2.19. The van der Waals surface area contributed by atoms with Crippen molar-refractivity contribution in [2.45, 2.75) is 23.8 Å². The number of nitriles is 1. The third-order valence-electron chi connectivity index (χ3n) is 4.67. The molecule has 3 N–H and O–H groups in total. The van der Waals surface area contributed by atoms with Crippen LogP contribution in [0.1, 0.15) is 24.7 Å². The zero-order valence-corrected chi connectivity index (χ0v) is 17.1. The van der Waals surface area contributed by atoms with Gasteiger partial charge in [-0.25, -0.2) is 8.42 Å². The number of nitrogens with one attached hydrogen (secondary N) is 3. The Hall–Kier alpha value is -3.76. The monoisotopic (exact) mass is 441 g/mol. The summed E-state index contributed by atoms with van der Waals surface area (Å²) < 4.78 is 35.1. The number of H-pyrrole nitrogens is 1. The zero-order valence-electron chi connectivity index (χ0n) is 16.3. The maximum atomic E-state index is 12.7. The molecule has 0 saturated carbocycles. The Balaban J connectivity index is 1.42. The Morgan fingerprint density at radius 1 is 1.26 bits per heavy atom. The van der Waals surface area contributed by atoms with Crippen molar-refractivity contribution >= 4 is 27.0 Å². The molecule has 0 spiro atoms. The molecule has 160 valence electrons. The molecule has 31 heavy (non-hydrogen) atoms. The number of allylic oxidation sites excluding steroid dienone is 1. The fourth-order valence-electron chi connectivity index (χ4n) is 3.06. The van der Waals surface area contributed by atoms with E-state index in [-0.39, 0.29) is 22.3 Å². The van der Waals surface area contributed by atoms with E-state index in [1.807, 2.05) is 6.07 Å². The summed E-state index contributed by atoms with van der Waals surface area (Å²) in [6, 6.07) is 8.25. The number of rotatable bonds is 7. The van der Waals surface area contributed by atoms with Crippen molar-refractivity contribution < 1.29 is 13.2 Å². The number of benzene rings is 1. The quantitative estimate of drug-likeness (QED) is 0.461.